The Morgan fingerprint density at radius 3 is 2.38 bits per heavy atom. The Hall–Kier alpha value is -1.43. The number of benzene rings is 2. The van der Waals surface area contributed by atoms with Crippen LogP contribution in [0.25, 0.3) is 0 Å². The molecule has 4 nitrogen and oxygen atoms in total. The predicted molar refractivity (Wildman–Crippen MR) is 101 cm³/mol. The van der Waals surface area contributed by atoms with Crippen molar-refractivity contribution in [1.82, 2.24) is 0 Å². The molecule has 1 saturated heterocycles. The number of aryl methyl sites for hydroxylation is 1. The Kier molecular flexibility index (Phi) is 6.33. The lowest BCUT2D eigenvalue weighted by Crippen LogP contribution is -2.44. The fraction of sp³-hybridized carbons (Fsp3) is 0.429. The second kappa shape index (κ2) is 8.51. The van der Waals surface area contributed by atoms with Gasteiger partial charge in [-0.05, 0) is 41.2 Å². The molecule has 4 unspecified atom stereocenters. The van der Waals surface area contributed by atoms with Gasteiger partial charge in [0.25, 0.3) is 0 Å². The Morgan fingerprint density at radius 1 is 1.04 bits per heavy atom. The average Bonchev–Trinajstić information content (AvgIpc) is 2.64. The van der Waals surface area contributed by atoms with E-state index in [9.17, 15) is 15.3 Å². The quantitative estimate of drug-likeness (QED) is 0.750. The maximum absolute atomic E-state index is 10.3. The van der Waals surface area contributed by atoms with Crippen LogP contribution in [0.5, 0.6) is 0 Å². The first kappa shape index (κ1) is 19.3. The van der Waals surface area contributed by atoms with Crippen molar-refractivity contribution in [3.05, 3.63) is 69.7 Å². The average molecular weight is 377 g/mol. The molecule has 3 rings (SSSR count). The molecule has 3 N–H and O–H groups in total. The molecule has 0 amide bonds. The molecule has 1 aliphatic heterocycles. The summed E-state index contributed by atoms with van der Waals surface area (Å²) in [4.78, 5) is 0. The molecule has 4 atom stereocenters. The number of aliphatic hydroxyl groups is 3. The third-order valence-electron chi connectivity index (χ3n) is 4.99. The standard InChI is InChI=1S/C21H25ClO4/c1-2-13-3-5-14(6-4-13)9-16-10-15(7-8-17(16)22)21-19(25)11-18(24)20(12-23)26-21/h3-8,10,18-21,23-25H,2,9,11-12H2,1H3. The molecular formula is C21H25ClO4. The van der Waals surface area contributed by atoms with E-state index in [1.807, 2.05) is 18.2 Å². The summed E-state index contributed by atoms with van der Waals surface area (Å²) in [7, 11) is 0. The van der Waals surface area contributed by atoms with Crippen LogP contribution in [0.15, 0.2) is 42.5 Å². The van der Waals surface area contributed by atoms with Gasteiger partial charge in [-0.25, -0.2) is 0 Å². The van der Waals surface area contributed by atoms with E-state index in [0.717, 1.165) is 23.1 Å². The zero-order valence-corrected chi connectivity index (χ0v) is 15.6. The van der Waals surface area contributed by atoms with Crippen LogP contribution < -0.4 is 0 Å². The smallest absolute Gasteiger partial charge is 0.109 e. The van der Waals surface area contributed by atoms with Gasteiger partial charge in [-0.15, -0.1) is 0 Å². The van der Waals surface area contributed by atoms with E-state index in [4.69, 9.17) is 16.3 Å². The van der Waals surface area contributed by atoms with Crippen LogP contribution >= 0.6 is 11.6 Å². The molecule has 5 heteroatoms. The summed E-state index contributed by atoms with van der Waals surface area (Å²) in [5.74, 6) is 0. The van der Waals surface area contributed by atoms with Gasteiger partial charge in [0, 0.05) is 11.4 Å². The van der Waals surface area contributed by atoms with Crippen LogP contribution in [0.1, 0.15) is 41.7 Å². The van der Waals surface area contributed by atoms with Crippen molar-refractivity contribution < 1.29 is 20.1 Å². The van der Waals surface area contributed by atoms with E-state index >= 15 is 0 Å². The van der Waals surface area contributed by atoms with Gasteiger partial charge in [0.2, 0.25) is 0 Å². The molecule has 1 fully saturated rings. The fourth-order valence-electron chi connectivity index (χ4n) is 3.38. The van der Waals surface area contributed by atoms with Gasteiger partial charge in [-0.3, -0.25) is 0 Å². The van der Waals surface area contributed by atoms with Crippen LogP contribution in [0, 0.1) is 0 Å². The minimum absolute atomic E-state index is 0.173. The number of hydrogen-bond acceptors (Lipinski definition) is 4. The molecule has 2 aromatic carbocycles. The third-order valence-corrected chi connectivity index (χ3v) is 5.36. The Bertz CT molecular complexity index is 731. The number of halogens is 1. The molecule has 0 saturated carbocycles. The molecule has 26 heavy (non-hydrogen) atoms. The second-order valence-electron chi connectivity index (χ2n) is 6.85. The Balaban J connectivity index is 1.82. The summed E-state index contributed by atoms with van der Waals surface area (Å²) in [5.41, 5.74) is 4.21. The van der Waals surface area contributed by atoms with Crippen LogP contribution in [0.4, 0.5) is 0 Å². The fourth-order valence-corrected chi connectivity index (χ4v) is 3.56. The summed E-state index contributed by atoms with van der Waals surface area (Å²) in [5, 5.41) is 30.2. The van der Waals surface area contributed by atoms with E-state index in [1.54, 1.807) is 0 Å². The summed E-state index contributed by atoms with van der Waals surface area (Å²) in [6.45, 7) is 1.84. The molecule has 2 aromatic rings. The summed E-state index contributed by atoms with van der Waals surface area (Å²) < 4.78 is 5.73. The molecule has 0 aromatic heterocycles. The van der Waals surface area contributed by atoms with Gasteiger partial charge in [0.15, 0.2) is 0 Å². The van der Waals surface area contributed by atoms with Crippen LogP contribution in [0.2, 0.25) is 5.02 Å². The maximum atomic E-state index is 10.3. The number of hydrogen-bond donors (Lipinski definition) is 3. The van der Waals surface area contributed by atoms with Gasteiger partial charge >= 0.3 is 0 Å². The lowest BCUT2D eigenvalue weighted by Gasteiger charge is -2.37. The molecule has 0 bridgehead atoms. The summed E-state index contributed by atoms with van der Waals surface area (Å²) in [6, 6.07) is 14.0. The molecule has 0 aliphatic carbocycles. The highest BCUT2D eigenvalue weighted by Crippen LogP contribution is 2.34. The van der Waals surface area contributed by atoms with Crippen molar-refractivity contribution >= 4 is 11.6 Å². The first-order chi connectivity index (χ1) is 12.5. The van der Waals surface area contributed by atoms with Gasteiger partial charge in [0.05, 0.1) is 18.8 Å². The van der Waals surface area contributed by atoms with E-state index < -0.39 is 24.4 Å². The highest BCUT2D eigenvalue weighted by atomic mass is 35.5. The van der Waals surface area contributed by atoms with Gasteiger partial charge < -0.3 is 20.1 Å². The van der Waals surface area contributed by atoms with E-state index in [1.165, 1.54) is 5.56 Å². The van der Waals surface area contributed by atoms with Gasteiger partial charge in [-0.1, -0.05) is 54.9 Å². The SMILES string of the molecule is CCc1ccc(Cc2cc(C3OC(CO)C(O)CC3O)ccc2Cl)cc1. The first-order valence-electron chi connectivity index (χ1n) is 9.00. The zero-order chi connectivity index (χ0) is 18.7. The maximum Gasteiger partial charge on any atom is 0.109 e. The minimum Gasteiger partial charge on any atom is -0.394 e. The van der Waals surface area contributed by atoms with Crippen molar-refractivity contribution in [2.45, 2.75) is 50.6 Å². The van der Waals surface area contributed by atoms with Crippen LogP contribution in [-0.2, 0) is 17.6 Å². The third kappa shape index (κ3) is 4.27. The molecule has 0 spiro atoms. The highest BCUT2D eigenvalue weighted by Gasteiger charge is 2.36. The number of ether oxygens (including phenoxy) is 1. The van der Waals surface area contributed by atoms with E-state index in [2.05, 4.69) is 31.2 Å². The lowest BCUT2D eigenvalue weighted by atomic mass is 9.92. The minimum atomic E-state index is -0.866. The summed E-state index contributed by atoms with van der Waals surface area (Å²) in [6.07, 6.45) is -1.11. The molecule has 0 radical (unpaired) electrons. The van der Waals surface area contributed by atoms with Crippen molar-refractivity contribution in [2.24, 2.45) is 0 Å². The van der Waals surface area contributed by atoms with Crippen molar-refractivity contribution in [2.75, 3.05) is 6.61 Å². The van der Waals surface area contributed by atoms with Crippen LogP contribution in [-0.4, -0.2) is 40.2 Å². The normalized spacial score (nSPS) is 26.0. The first-order valence-corrected chi connectivity index (χ1v) is 9.38. The van der Waals surface area contributed by atoms with Crippen molar-refractivity contribution in [1.29, 1.82) is 0 Å². The number of rotatable bonds is 5. The molecule has 140 valence electrons. The zero-order valence-electron chi connectivity index (χ0n) is 14.8. The highest BCUT2D eigenvalue weighted by molar-refractivity contribution is 6.31. The van der Waals surface area contributed by atoms with Crippen molar-refractivity contribution in [3.8, 4) is 0 Å². The second-order valence-corrected chi connectivity index (χ2v) is 7.25. The topological polar surface area (TPSA) is 69.9 Å². The number of aliphatic hydroxyl groups excluding tert-OH is 3. The largest absolute Gasteiger partial charge is 0.394 e. The Morgan fingerprint density at radius 2 is 1.73 bits per heavy atom. The Labute approximate surface area is 159 Å². The van der Waals surface area contributed by atoms with Crippen LogP contribution in [0.3, 0.4) is 0 Å². The molecule has 1 aliphatic rings. The molecule has 1 heterocycles. The van der Waals surface area contributed by atoms with E-state index in [0.29, 0.717) is 11.4 Å². The predicted octanol–water partition coefficient (Wildman–Crippen LogP) is 3.04. The van der Waals surface area contributed by atoms with Gasteiger partial charge in [0.1, 0.15) is 12.2 Å². The monoisotopic (exact) mass is 376 g/mol. The lowest BCUT2D eigenvalue weighted by molar-refractivity contribution is -0.181. The van der Waals surface area contributed by atoms with E-state index in [-0.39, 0.29) is 13.0 Å². The molecular weight excluding hydrogens is 352 g/mol. The summed E-state index contributed by atoms with van der Waals surface area (Å²) >= 11 is 6.38. The van der Waals surface area contributed by atoms with Crippen molar-refractivity contribution in [3.63, 3.8) is 0 Å². The van der Waals surface area contributed by atoms with Gasteiger partial charge in [-0.2, -0.15) is 0 Å².